The smallest absolute Gasteiger partial charge is 0.251 e. The number of nitrogens with two attached hydrogens (primary N) is 1. The van der Waals surface area contributed by atoms with Gasteiger partial charge < -0.3 is 15.5 Å². The molecule has 112 valence electrons. The Hall–Kier alpha value is -1.66. The van der Waals surface area contributed by atoms with Crippen molar-refractivity contribution in [1.82, 2.24) is 10.3 Å². The second-order valence-electron chi connectivity index (χ2n) is 5.12. The van der Waals surface area contributed by atoms with Crippen LogP contribution >= 0.6 is 0 Å². The van der Waals surface area contributed by atoms with E-state index < -0.39 is 0 Å². The molecule has 0 radical (unpaired) electrons. The van der Waals surface area contributed by atoms with E-state index in [0.717, 1.165) is 12.1 Å². The first kappa shape index (κ1) is 16.4. The number of nitrogen functional groups attached to an aromatic ring is 1. The Morgan fingerprint density at radius 3 is 2.65 bits per heavy atom. The summed E-state index contributed by atoms with van der Waals surface area (Å²) in [5.41, 5.74) is 3.88. The Kier molecular flexibility index (Phi) is 6.41. The predicted molar refractivity (Wildman–Crippen MR) is 79.6 cm³/mol. The highest BCUT2D eigenvalue weighted by Crippen LogP contribution is 2.17. The number of carbonyl (C=O) groups is 1. The molecule has 0 spiro atoms. The largest absolute Gasteiger partial charge is 0.385 e. The molecule has 1 heterocycles. The number of methoxy groups -OCH3 is 1. The summed E-state index contributed by atoms with van der Waals surface area (Å²) >= 11 is 0. The number of nitrogens with one attached hydrogen (secondary N) is 2. The Balaban J connectivity index is 2.83. The first-order valence-electron chi connectivity index (χ1n) is 6.76. The number of hydrogen-bond acceptors (Lipinski definition) is 5. The molecule has 1 amide bonds. The third-order valence-electron chi connectivity index (χ3n) is 2.98. The Morgan fingerprint density at radius 2 is 2.10 bits per heavy atom. The summed E-state index contributed by atoms with van der Waals surface area (Å²) in [6.45, 7) is 6.60. The van der Waals surface area contributed by atoms with Gasteiger partial charge in [-0.3, -0.25) is 4.79 Å². The van der Waals surface area contributed by atoms with Crippen LogP contribution in [0.1, 0.15) is 49.2 Å². The topological polar surface area (TPSA) is 89.3 Å². The number of hydrazine groups is 1. The van der Waals surface area contributed by atoms with E-state index in [2.05, 4.69) is 15.7 Å². The third-order valence-corrected chi connectivity index (χ3v) is 2.98. The van der Waals surface area contributed by atoms with E-state index in [-0.39, 0.29) is 17.9 Å². The van der Waals surface area contributed by atoms with E-state index in [1.807, 2.05) is 20.8 Å². The Morgan fingerprint density at radius 1 is 1.40 bits per heavy atom. The summed E-state index contributed by atoms with van der Waals surface area (Å²) in [4.78, 5) is 16.5. The zero-order chi connectivity index (χ0) is 15.1. The van der Waals surface area contributed by atoms with Crippen LogP contribution < -0.4 is 16.6 Å². The maximum Gasteiger partial charge on any atom is 0.251 e. The fourth-order valence-electron chi connectivity index (χ4n) is 1.73. The van der Waals surface area contributed by atoms with Crippen molar-refractivity contribution in [1.29, 1.82) is 0 Å². The van der Waals surface area contributed by atoms with Gasteiger partial charge >= 0.3 is 0 Å². The fraction of sp³-hybridized carbons (Fsp3) is 0.571. The molecular formula is C14H24N4O2. The maximum absolute atomic E-state index is 12.2. The van der Waals surface area contributed by atoms with E-state index >= 15 is 0 Å². The average Bonchev–Trinajstić information content (AvgIpc) is 2.44. The van der Waals surface area contributed by atoms with Crippen LogP contribution in [-0.2, 0) is 4.74 Å². The predicted octanol–water partition coefficient (Wildman–Crippen LogP) is 1.65. The minimum atomic E-state index is -0.130. The Bertz CT molecular complexity index is 449. The minimum absolute atomic E-state index is 0.0485. The van der Waals surface area contributed by atoms with Crippen LogP contribution in [0, 0.1) is 0 Å². The standard InChI is InChI=1S/C14H24N4O2/c1-9(2)12-7-11(8-13(17-12)18-15)14(19)16-10(3)5-6-20-4/h7-10H,5-6,15H2,1-4H3,(H,16,19)(H,17,18). The van der Waals surface area contributed by atoms with Gasteiger partial charge in [0.15, 0.2) is 0 Å². The molecule has 6 heteroatoms. The van der Waals surface area contributed by atoms with E-state index in [9.17, 15) is 4.79 Å². The van der Waals surface area contributed by atoms with Crippen molar-refractivity contribution in [3.05, 3.63) is 23.4 Å². The summed E-state index contributed by atoms with van der Waals surface area (Å²) in [6, 6.07) is 3.49. The van der Waals surface area contributed by atoms with Crippen molar-refractivity contribution >= 4 is 11.7 Å². The van der Waals surface area contributed by atoms with Crippen LogP contribution in [0.2, 0.25) is 0 Å². The van der Waals surface area contributed by atoms with Gasteiger partial charge in [0.1, 0.15) is 5.82 Å². The number of amides is 1. The SMILES string of the molecule is COCCC(C)NC(=O)c1cc(NN)nc(C(C)C)c1. The van der Waals surface area contributed by atoms with Crippen molar-refractivity contribution in [2.24, 2.45) is 5.84 Å². The van der Waals surface area contributed by atoms with Crippen LogP contribution in [0.15, 0.2) is 12.1 Å². The van der Waals surface area contributed by atoms with E-state index in [0.29, 0.717) is 18.0 Å². The van der Waals surface area contributed by atoms with Crippen molar-refractivity contribution in [3.8, 4) is 0 Å². The number of nitrogens with zero attached hydrogens (tertiary/aromatic N) is 1. The molecule has 0 saturated carbocycles. The summed E-state index contributed by atoms with van der Waals surface area (Å²) in [5, 5.41) is 2.93. The van der Waals surface area contributed by atoms with Crippen molar-refractivity contribution in [3.63, 3.8) is 0 Å². The zero-order valence-electron chi connectivity index (χ0n) is 12.6. The lowest BCUT2D eigenvalue weighted by Crippen LogP contribution is -2.33. The maximum atomic E-state index is 12.2. The molecule has 0 aliphatic carbocycles. The van der Waals surface area contributed by atoms with Crippen molar-refractivity contribution in [2.45, 2.75) is 39.2 Å². The first-order chi connectivity index (χ1) is 9.47. The summed E-state index contributed by atoms with van der Waals surface area (Å²) < 4.78 is 5.00. The number of hydrogen-bond donors (Lipinski definition) is 3. The number of rotatable bonds is 7. The molecule has 20 heavy (non-hydrogen) atoms. The van der Waals surface area contributed by atoms with Crippen LogP contribution in [0.3, 0.4) is 0 Å². The number of carbonyl (C=O) groups excluding carboxylic acids is 1. The second-order valence-corrected chi connectivity index (χ2v) is 5.12. The van der Waals surface area contributed by atoms with Gasteiger partial charge in [-0.1, -0.05) is 13.8 Å². The van der Waals surface area contributed by atoms with E-state index in [1.165, 1.54) is 0 Å². The molecule has 0 fully saturated rings. The molecule has 0 bridgehead atoms. The van der Waals surface area contributed by atoms with Gasteiger partial charge in [-0.2, -0.15) is 0 Å². The molecule has 1 rings (SSSR count). The van der Waals surface area contributed by atoms with Crippen molar-refractivity contribution < 1.29 is 9.53 Å². The molecule has 1 aromatic rings. The van der Waals surface area contributed by atoms with Gasteiger partial charge in [0.05, 0.1) is 0 Å². The molecular weight excluding hydrogens is 256 g/mol. The normalized spacial score (nSPS) is 12.3. The number of pyridine rings is 1. The number of anilines is 1. The molecule has 1 atom stereocenters. The molecule has 0 aromatic carbocycles. The highest BCUT2D eigenvalue weighted by molar-refractivity contribution is 5.95. The molecule has 0 aliphatic rings. The quantitative estimate of drug-likeness (QED) is 0.522. The van der Waals surface area contributed by atoms with E-state index in [1.54, 1.807) is 19.2 Å². The first-order valence-corrected chi connectivity index (χ1v) is 6.76. The molecule has 0 aliphatic heterocycles. The van der Waals surface area contributed by atoms with Gasteiger partial charge in [-0.15, -0.1) is 0 Å². The number of aromatic nitrogens is 1. The van der Waals surface area contributed by atoms with Crippen LogP contribution in [-0.4, -0.2) is 30.6 Å². The zero-order valence-corrected chi connectivity index (χ0v) is 12.6. The number of ether oxygens (including phenoxy) is 1. The average molecular weight is 280 g/mol. The van der Waals surface area contributed by atoms with Gasteiger partial charge in [0, 0.05) is 31.0 Å². The lowest BCUT2D eigenvalue weighted by Gasteiger charge is -2.15. The summed E-state index contributed by atoms with van der Waals surface area (Å²) in [6.07, 6.45) is 0.770. The summed E-state index contributed by atoms with van der Waals surface area (Å²) in [7, 11) is 1.64. The van der Waals surface area contributed by atoms with Gasteiger partial charge in [-0.25, -0.2) is 10.8 Å². The van der Waals surface area contributed by atoms with Crippen LogP contribution in [0.25, 0.3) is 0 Å². The van der Waals surface area contributed by atoms with Crippen LogP contribution in [0.5, 0.6) is 0 Å². The molecule has 6 nitrogen and oxygen atoms in total. The lowest BCUT2D eigenvalue weighted by atomic mass is 10.1. The highest BCUT2D eigenvalue weighted by atomic mass is 16.5. The summed E-state index contributed by atoms with van der Waals surface area (Å²) in [5.74, 6) is 5.98. The molecule has 1 unspecified atom stereocenters. The second kappa shape index (κ2) is 7.81. The lowest BCUT2D eigenvalue weighted by molar-refractivity contribution is 0.0929. The fourth-order valence-corrected chi connectivity index (χ4v) is 1.73. The monoisotopic (exact) mass is 280 g/mol. The minimum Gasteiger partial charge on any atom is -0.385 e. The molecule has 4 N–H and O–H groups in total. The van der Waals surface area contributed by atoms with Gasteiger partial charge in [-0.05, 0) is 31.4 Å². The Labute approximate surface area is 120 Å². The van der Waals surface area contributed by atoms with E-state index in [4.69, 9.17) is 10.6 Å². The van der Waals surface area contributed by atoms with Crippen molar-refractivity contribution in [2.75, 3.05) is 19.1 Å². The highest BCUT2D eigenvalue weighted by Gasteiger charge is 2.13. The third kappa shape index (κ3) is 4.79. The molecule has 1 aromatic heterocycles. The molecule has 0 saturated heterocycles. The van der Waals surface area contributed by atoms with Gasteiger partial charge in [0.25, 0.3) is 5.91 Å². The van der Waals surface area contributed by atoms with Crippen LogP contribution in [0.4, 0.5) is 5.82 Å². The van der Waals surface area contributed by atoms with Gasteiger partial charge in [0.2, 0.25) is 0 Å².